The van der Waals surface area contributed by atoms with Gasteiger partial charge in [0.1, 0.15) is 5.82 Å². The van der Waals surface area contributed by atoms with Gasteiger partial charge >= 0.3 is 0 Å². The van der Waals surface area contributed by atoms with E-state index in [1.807, 2.05) is 0 Å². The summed E-state index contributed by atoms with van der Waals surface area (Å²) in [5.41, 5.74) is 0.918. The number of aryl methyl sites for hydroxylation is 1. The van der Waals surface area contributed by atoms with Crippen LogP contribution >= 0.6 is 15.9 Å². The summed E-state index contributed by atoms with van der Waals surface area (Å²) in [7, 11) is -4.00. The molecule has 0 atom stereocenters. The molecule has 1 aliphatic rings. The van der Waals surface area contributed by atoms with Crippen LogP contribution in [0.2, 0.25) is 0 Å². The van der Waals surface area contributed by atoms with Crippen molar-refractivity contribution in [3.63, 3.8) is 0 Å². The van der Waals surface area contributed by atoms with Crippen molar-refractivity contribution in [3.8, 4) is 11.4 Å². The number of benzene rings is 2. The summed E-state index contributed by atoms with van der Waals surface area (Å²) in [4.78, 5) is 4.37. The largest absolute Gasteiger partial charge is 0.339 e. The third kappa shape index (κ3) is 3.74. The molecular formula is C18H15BrFN3O3S. The molecule has 1 saturated carbocycles. The first-order valence-corrected chi connectivity index (χ1v) is 10.5. The summed E-state index contributed by atoms with van der Waals surface area (Å²) < 4.78 is 47.7. The van der Waals surface area contributed by atoms with E-state index >= 15 is 0 Å². The predicted octanol–water partition coefficient (Wildman–Crippen LogP) is 4.62. The predicted molar refractivity (Wildman–Crippen MR) is 101 cm³/mol. The van der Waals surface area contributed by atoms with E-state index in [1.54, 1.807) is 25.1 Å². The minimum Gasteiger partial charge on any atom is -0.339 e. The van der Waals surface area contributed by atoms with E-state index in [4.69, 9.17) is 4.52 Å². The van der Waals surface area contributed by atoms with Crippen molar-refractivity contribution in [2.24, 2.45) is 0 Å². The number of nitrogens with one attached hydrogen (secondary N) is 1. The molecule has 27 heavy (non-hydrogen) atoms. The molecule has 0 radical (unpaired) electrons. The summed E-state index contributed by atoms with van der Waals surface area (Å²) in [6, 6.07) is 8.97. The lowest BCUT2D eigenvalue weighted by molar-refractivity contribution is 0.380. The Morgan fingerprint density at radius 1 is 1.22 bits per heavy atom. The van der Waals surface area contributed by atoms with E-state index in [0.29, 0.717) is 33.2 Å². The Balaban J connectivity index is 1.68. The second kappa shape index (κ2) is 6.72. The Morgan fingerprint density at radius 3 is 2.70 bits per heavy atom. The van der Waals surface area contributed by atoms with Crippen LogP contribution in [0.1, 0.15) is 30.2 Å². The summed E-state index contributed by atoms with van der Waals surface area (Å²) >= 11 is 3.14. The van der Waals surface area contributed by atoms with E-state index in [0.717, 1.165) is 12.8 Å². The van der Waals surface area contributed by atoms with Gasteiger partial charge in [-0.15, -0.1) is 0 Å². The Labute approximate surface area is 164 Å². The van der Waals surface area contributed by atoms with Crippen molar-refractivity contribution >= 4 is 31.6 Å². The molecule has 1 aromatic heterocycles. The minimum absolute atomic E-state index is 0.0279. The molecular weight excluding hydrogens is 437 g/mol. The van der Waals surface area contributed by atoms with Gasteiger partial charge in [-0.2, -0.15) is 4.98 Å². The zero-order chi connectivity index (χ0) is 19.2. The van der Waals surface area contributed by atoms with E-state index in [1.165, 1.54) is 18.2 Å². The number of hydrogen-bond acceptors (Lipinski definition) is 5. The molecule has 1 heterocycles. The van der Waals surface area contributed by atoms with Crippen molar-refractivity contribution in [1.82, 2.24) is 10.1 Å². The lowest BCUT2D eigenvalue weighted by Gasteiger charge is -2.12. The maximum Gasteiger partial charge on any atom is 0.262 e. The fourth-order valence-electron chi connectivity index (χ4n) is 2.65. The second-order valence-electron chi connectivity index (χ2n) is 6.44. The van der Waals surface area contributed by atoms with Gasteiger partial charge in [0.15, 0.2) is 0 Å². The number of nitrogens with zero attached hydrogens (tertiary/aromatic N) is 2. The Kier molecular flexibility index (Phi) is 4.51. The highest BCUT2D eigenvalue weighted by Gasteiger charge is 2.30. The quantitative estimate of drug-likeness (QED) is 0.611. The number of sulfonamides is 1. The molecule has 4 rings (SSSR count). The summed E-state index contributed by atoms with van der Waals surface area (Å²) in [5.74, 6) is 0.546. The molecule has 0 unspecified atom stereocenters. The molecule has 6 nitrogen and oxygen atoms in total. The maximum atomic E-state index is 14.0. The SMILES string of the molecule is Cc1ccc(-c2noc(C3CC3)n2)cc1S(=O)(=O)Nc1ccc(Br)cc1F. The minimum atomic E-state index is -4.00. The van der Waals surface area contributed by atoms with Gasteiger partial charge in [-0.3, -0.25) is 4.72 Å². The summed E-state index contributed by atoms with van der Waals surface area (Å²) in [5, 5.41) is 3.94. The molecule has 140 valence electrons. The average molecular weight is 452 g/mol. The number of halogens is 2. The average Bonchev–Trinajstić information content (AvgIpc) is 3.35. The van der Waals surface area contributed by atoms with Gasteiger partial charge in [-0.1, -0.05) is 33.2 Å². The zero-order valence-corrected chi connectivity index (χ0v) is 16.6. The van der Waals surface area contributed by atoms with Gasteiger partial charge in [-0.25, -0.2) is 12.8 Å². The highest BCUT2D eigenvalue weighted by atomic mass is 79.9. The first-order valence-electron chi connectivity index (χ1n) is 8.26. The molecule has 1 N–H and O–H groups in total. The zero-order valence-electron chi connectivity index (χ0n) is 14.2. The van der Waals surface area contributed by atoms with Gasteiger partial charge < -0.3 is 4.52 Å². The smallest absolute Gasteiger partial charge is 0.262 e. The van der Waals surface area contributed by atoms with Crippen molar-refractivity contribution < 1.29 is 17.3 Å². The molecule has 0 bridgehead atoms. The first-order chi connectivity index (χ1) is 12.8. The van der Waals surface area contributed by atoms with Gasteiger partial charge in [0.25, 0.3) is 10.0 Å². The number of anilines is 1. The van der Waals surface area contributed by atoms with Crippen molar-refractivity contribution in [2.75, 3.05) is 4.72 Å². The van der Waals surface area contributed by atoms with Gasteiger partial charge in [0, 0.05) is 16.0 Å². The second-order valence-corrected chi connectivity index (χ2v) is 9.01. The van der Waals surface area contributed by atoms with E-state index < -0.39 is 15.8 Å². The lowest BCUT2D eigenvalue weighted by Crippen LogP contribution is -2.15. The van der Waals surface area contributed by atoms with Crippen LogP contribution in [0.15, 0.2) is 50.3 Å². The molecule has 0 amide bonds. The Hall–Kier alpha value is -2.26. The van der Waals surface area contributed by atoms with E-state index in [9.17, 15) is 12.8 Å². The summed E-state index contributed by atoms with van der Waals surface area (Å²) in [6.07, 6.45) is 2.05. The topological polar surface area (TPSA) is 85.1 Å². The monoisotopic (exact) mass is 451 g/mol. The Morgan fingerprint density at radius 2 is 2.00 bits per heavy atom. The standard InChI is InChI=1S/C18H15BrFN3O3S/c1-10-2-3-12(17-21-18(26-22-17)11-4-5-11)8-16(10)27(24,25)23-15-7-6-13(19)9-14(15)20/h2-3,6-9,11,23H,4-5H2,1H3. The number of hydrogen-bond donors (Lipinski definition) is 1. The third-order valence-corrected chi connectivity index (χ3v) is 6.28. The number of rotatable bonds is 5. The highest BCUT2D eigenvalue weighted by molar-refractivity contribution is 9.10. The maximum absolute atomic E-state index is 14.0. The molecule has 9 heteroatoms. The van der Waals surface area contributed by atoms with Crippen LogP contribution in [0.4, 0.5) is 10.1 Å². The van der Waals surface area contributed by atoms with Crippen LogP contribution in [-0.4, -0.2) is 18.6 Å². The van der Waals surface area contributed by atoms with Crippen LogP contribution in [0.25, 0.3) is 11.4 Å². The fourth-order valence-corrected chi connectivity index (χ4v) is 4.32. The van der Waals surface area contributed by atoms with Crippen LogP contribution in [0, 0.1) is 12.7 Å². The van der Waals surface area contributed by atoms with Crippen LogP contribution < -0.4 is 4.72 Å². The van der Waals surface area contributed by atoms with Gasteiger partial charge in [-0.05, 0) is 49.6 Å². The van der Waals surface area contributed by atoms with Gasteiger partial charge in [0.2, 0.25) is 11.7 Å². The molecule has 0 aliphatic heterocycles. The fraction of sp³-hybridized carbons (Fsp3) is 0.222. The van der Waals surface area contributed by atoms with Crippen molar-refractivity contribution in [3.05, 3.63) is 58.1 Å². The summed E-state index contributed by atoms with van der Waals surface area (Å²) in [6.45, 7) is 1.67. The highest BCUT2D eigenvalue weighted by Crippen LogP contribution is 2.39. The van der Waals surface area contributed by atoms with Crippen LogP contribution in [0.5, 0.6) is 0 Å². The molecule has 2 aromatic carbocycles. The first kappa shape index (κ1) is 18.1. The molecule has 0 spiro atoms. The van der Waals surface area contributed by atoms with E-state index in [2.05, 4.69) is 30.8 Å². The van der Waals surface area contributed by atoms with Crippen molar-refractivity contribution in [2.45, 2.75) is 30.6 Å². The third-order valence-electron chi connectivity index (χ3n) is 4.28. The lowest BCUT2D eigenvalue weighted by atomic mass is 10.1. The molecule has 3 aromatic rings. The Bertz CT molecular complexity index is 1130. The molecule has 1 fully saturated rings. The van der Waals surface area contributed by atoms with Crippen molar-refractivity contribution in [1.29, 1.82) is 0 Å². The van der Waals surface area contributed by atoms with Crippen LogP contribution in [-0.2, 0) is 10.0 Å². The van der Waals surface area contributed by atoms with E-state index in [-0.39, 0.29) is 10.6 Å². The van der Waals surface area contributed by atoms with Crippen LogP contribution in [0.3, 0.4) is 0 Å². The van der Waals surface area contributed by atoms with Gasteiger partial charge in [0.05, 0.1) is 10.6 Å². The number of aromatic nitrogens is 2. The normalized spacial score (nSPS) is 14.3. The molecule has 0 saturated heterocycles. The molecule has 1 aliphatic carbocycles.